The van der Waals surface area contributed by atoms with Gasteiger partial charge in [0.2, 0.25) is 0 Å². The van der Waals surface area contributed by atoms with Crippen LogP contribution in [0.15, 0.2) is 22.2 Å². The Morgan fingerprint density at radius 1 is 1.56 bits per heavy atom. The number of likely N-dealkylation sites (N-methyl/N-ethyl adjacent to an activating group) is 1. The maximum absolute atomic E-state index is 11.8. The number of furan rings is 1. The van der Waals surface area contributed by atoms with Crippen molar-refractivity contribution in [3.8, 4) is 0 Å². The van der Waals surface area contributed by atoms with E-state index in [2.05, 4.69) is 5.32 Å². The summed E-state index contributed by atoms with van der Waals surface area (Å²) in [5.41, 5.74) is 0.459. The lowest BCUT2D eigenvalue weighted by atomic mass is 10.3. The van der Waals surface area contributed by atoms with Gasteiger partial charge in [0.05, 0.1) is 0 Å². The Labute approximate surface area is 98.9 Å². The minimum Gasteiger partial charge on any atom is -0.462 e. The molecule has 0 saturated carbocycles. The Kier molecular flexibility index (Phi) is 2.78. The molecule has 0 aliphatic carbocycles. The minimum atomic E-state index is -0.110. The monoisotopic (exact) mass is 236 g/mol. The Morgan fingerprint density at radius 3 is 2.81 bits per heavy atom. The first-order valence-corrected chi connectivity index (χ1v) is 5.43. The molecule has 84 valence electrons. The molecule has 0 spiro atoms. The summed E-state index contributed by atoms with van der Waals surface area (Å²) in [5.74, 6) is 1.35. The SMILES string of the molecule is CCN1C(=O)/C(=C/c2ccc(C)o2)NC1=S. The van der Waals surface area contributed by atoms with Crippen LogP contribution in [-0.4, -0.2) is 22.5 Å². The van der Waals surface area contributed by atoms with Crippen LogP contribution in [0, 0.1) is 6.92 Å². The molecule has 2 heterocycles. The van der Waals surface area contributed by atoms with Crippen LogP contribution in [0.5, 0.6) is 0 Å². The molecule has 16 heavy (non-hydrogen) atoms. The zero-order chi connectivity index (χ0) is 11.7. The molecular formula is C11H12N2O2S. The molecule has 0 aromatic carbocycles. The van der Waals surface area contributed by atoms with Gasteiger partial charge < -0.3 is 9.73 Å². The second-order valence-electron chi connectivity index (χ2n) is 3.49. The molecule has 1 N–H and O–H groups in total. The average Bonchev–Trinajstić information content (AvgIpc) is 2.74. The first-order valence-electron chi connectivity index (χ1n) is 5.03. The van der Waals surface area contributed by atoms with Gasteiger partial charge in [-0.2, -0.15) is 0 Å². The standard InChI is InChI=1S/C11H12N2O2S/c1-3-13-10(14)9(12-11(13)16)6-8-5-4-7(2)15-8/h4-6H,3H2,1-2H3,(H,12,16)/b9-6-. The van der Waals surface area contributed by atoms with Gasteiger partial charge in [-0.25, -0.2) is 0 Å². The predicted molar refractivity (Wildman–Crippen MR) is 64.5 cm³/mol. The normalized spacial score (nSPS) is 18.4. The fourth-order valence-corrected chi connectivity index (χ4v) is 1.85. The van der Waals surface area contributed by atoms with E-state index in [4.69, 9.17) is 16.6 Å². The van der Waals surface area contributed by atoms with Crippen LogP contribution >= 0.6 is 12.2 Å². The molecule has 1 saturated heterocycles. The van der Waals surface area contributed by atoms with E-state index in [9.17, 15) is 4.79 Å². The zero-order valence-corrected chi connectivity index (χ0v) is 9.93. The highest BCUT2D eigenvalue weighted by molar-refractivity contribution is 7.80. The fourth-order valence-electron chi connectivity index (χ4n) is 1.53. The van der Waals surface area contributed by atoms with Gasteiger partial charge in [0, 0.05) is 12.6 Å². The van der Waals surface area contributed by atoms with E-state index in [1.165, 1.54) is 4.90 Å². The van der Waals surface area contributed by atoms with Crippen molar-refractivity contribution in [2.45, 2.75) is 13.8 Å². The van der Waals surface area contributed by atoms with Gasteiger partial charge in [0.1, 0.15) is 17.2 Å². The summed E-state index contributed by atoms with van der Waals surface area (Å²) >= 11 is 5.04. The molecule has 1 fully saturated rings. The number of hydrogen-bond acceptors (Lipinski definition) is 3. The quantitative estimate of drug-likeness (QED) is 0.626. The lowest BCUT2D eigenvalue weighted by Crippen LogP contribution is -2.30. The molecule has 1 aliphatic heterocycles. The van der Waals surface area contributed by atoms with Crippen molar-refractivity contribution in [2.75, 3.05) is 6.54 Å². The molecule has 2 rings (SSSR count). The summed E-state index contributed by atoms with van der Waals surface area (Å²) in [6.07, 6.45) is 1.66. The Morgan fingerprint density at radius 2 is 2.31 bits per heavy atom. The molecule has 0 atom stereocenters. The van der Waals surface area contributed by atoms with Crippen molar-refractivity contribution < 1.29 is 9.21 Å². The van der Waals surface area contributed by atoms with E-state index >= 15 is 0 Å². The van der Waals surface area contributed by atoms with E-state index in [0.717, 1.165) is 5.76 Å². The van der Waals surface area contributed by atoms with Crippen LogP contribution in [0.2, 0.25) is 0 Å². The van der Waals surface area contributed by atoms with Gasteiger partial charge in [0.25, 0.3) is 5.91 Å². The molecule has 1 aliphatic rings. The molecular weight excluding hydrogens is 224 g/mol. The van der Waals surface area contributed by atoms with Crippen molar-refractivity contribution in [1.29, 1.82) is 0 Å². The number of nitrogens with one attached hydrogen (secondary N) is 1. The molecule has 1 aromatic heterocycles. The number of amides is 1. The summed E-state index contributed by atoms with van der Waals surface area (Å²) in [4.78, 5) is 13.3. The van der Waals surface area contributed by atoms with Crippen molar-refractivity contribution in [1.82, 2.24) is 10.2 Å². The van der Waals surface area contributed by atoms with Gasteiger partial charge in [0.15, 0.2) is 5.11 Å². The zero-order valence-electron chi connectivity index (χ0n) is 9.11. The predicted octanol–water partition coefficient (Wildman–Crippen LogP) is 1.67. The van der Waals surface area contributed by atoms with Crippen molar-refractivity contribution in [3.63, 3.8) is 0 Å². The van der Waals surface area contributed by atoms with E-state index in [-0.39, 0.29) is 5.91 Å². The van der Waals surface area contributed by atoms with Crippen molar-refractivity contribution in [3.05, 3.63) is 29.4 Å². The van der Waals surface area contributed by atoms with Gasteiger partial charge >= 0.3 is 0 Å². The average molecular weight is 236 g/mol. The van der Waals surface area contributed by atoms with Crippen LogP contribution in [0.4, 0.5) is 0 Å². The number of rotatable bonds is 2. The summed E-state index contributed by atoms with van der Waals surface area (Å²) in [6.45, 7) is 4.31. The topological polar surface area (TPSA) is 45.5 Å². The van der Waals surface area contributed by atoms with Gasteiger partial charge in [-0.1, -0.05) is 0 Å². The Bertz CT molecular complexity index is 476. The third-order valence-corrected chi connectivity index (χ3v) is 2.65. The first kappa shape index (κ1) is 10.9. The molecule has 1 aromatic rings. The van der Waals surface area contributed by atoms with Crippen LogP contribution < -0.4 is 5.32 Å². The molecule has 4 nitrogen and oxygen atoms in total. The Hall–Kier alpha value is -1.62. The second-order valence-corrected chi connectivity index (χ2v) is 3.87. The van der Waals surface area contributed by atoms with Crippen molar-refractivity contribution >= 4 is 29.3 Å². The van der Waals surface area contributed by atoms with Gasteiger partial charge in [-0.15, -0.1) is 0 Å². The van der Waals surface area contributed by atoms with E-state index in [1.54, 1.807) is 6.08 Å². The molecule has 0 unspecified atom stereocenters. The van der Waals surface area contributed by atoms with Gasteiger partial charge in [-0.05, 0) is 38.2 Å². The Balaban J connectivity index is 2.27. The fraction of sp³-hybridized carbons (Fsp3) is 0.273. The third kappa shape index (κ3) is 1.86. The van der Waals surface area contributed by atoms with E-state index in [1.807, 2.05) is 26.0 Å². The maximum Gasteiger partial charge on any atom is 0.276 e. The number of nitrogens with zero attached hydrogens (tertiary/aromatic N) is 1. The number of aryl methyl sites for hydroxylation is 1. The first-order chi connectivity index (χ1) is 7.61. The molecule has 1 amide bonds. The lowest BCUT2D eigenvalue weighted by molar-refractivity contribution is -0.122. The number of hydrogen-bond donors (Lipinski definition) is 1. The highest BCUT2D eigenvalue weighted by Gasteiger charge is 2.29. The number of carbonyl (C=O) groups is 1. The van der Waals surface area contributed by atoms with Crippen LogP contribution in [0.3, 0.4) is 0 Å². The van der Waals surface area contributed by atoms with Crippen LogP contribution in [-0.2, 0) is 4.79 Å². The second kappa shape index (κ2) is 4.09. The largest absolute Gasteiger partial charge is 0.462 e. The summed E-state index contributed by atoms with van der Waals surface area (Å²) in [5, 5.41) is 3.32. The number of thiocarbonyl (C=S) groups is 1. The van der Waals surface area contributed by atoms with Crippen LogP contribution in [0.25, 0.3) is 6.08 Å². The summed E-state index contributed by atoms with van der Waals surface area (Å²) < 4.78 is 5.37. The highest BCUT2D eigenvalue weighted by atomic mass is 32.1. The smallest absolute Gasteiger partial charge is 0.276 e. The van der Waals surface area contributed by atoms with Crippen LogP contribution in [0.1, 0.15) is 18.4 Å². The summed E-state index contributed by atoms with van der Waals surface area (Å²) in [6, 6.07) is 3.66. The van der Waals surface area contributed by atoms with E-state index < -0.39 is 0 Å². The highest BCUT2D eigenvalue weighted by Crippen LogP contribution is 2.15. The van der Waals surface area contributed by atoms with E-state index in [0.29, 0.717) is 23.1 Å². The minimum absolute atomic E-state index is 0.110. The maximum atomic E-state index is 11.8. The van der Waals surface area contributed by atoms with Gasteiger partial charge in [-0.3, -0.25) is 9.69 Å². The lowest BCUT2D eigenvalue weighted by Gasteiger charge is -2.08. The molecule has 0 bridgehead atoms. The summed E-state index contributed by atoms with van der Waals surface area (Å²) in [7, 11) is 0. The number of carbonyl (C=O) groups excluding carboxylic acids is 1. The molecule has 5 heteroatoms. The van der Waals surface area contributed by atoms with Crippen molar-refractivity contribution in [2.24, 2.45) is 0 Å². The molecule has 0 radical (unpaired) electrons. The third-order valence-electron chi connectivity index (χ3n) is 2.33.